The predicted molar refractivity (Wildman–Crippen MR) is 114 cm³/mol. The van der Waals surface area contributed by atoms with E-state index in [-0.39, 0.29) is 5.69 Å². The van der Waals surface area contributed by atoms with Gasteiger partial charge >= 0.3 is 5.69 Å². The quantitative estimate of drug-likeness (QED) is 0.761. The summed E-state index contributed by atoms with van der Waals surface area (Å²) in [5.74, 6) is -0.403. The molecule has 30 heavy (non-hydrogen) atoms. The summed E-state index contributed by atoms with van der Waals surface area (Å²) in [5.41, 5.74) is 0.149. The Morgan fingerprint density at radius 3 is 2.23 bits per heavy atom. The van der Waals surface area contributed by atoms with Crippen molar-refractivity contribution in [2.45, 2.75) is 45.1 Å². The van der Waals surface area contributed by atoms with Crippen molar-refractivity contribution in [2.75, 3.05) is 26.2 Å². The smallest absolute Gasteiger partial charge is 0.335 e. The van der Waals surface area contributed by atoms with E-state index < -0.39 is 17.2 Å². The topological polar surface area (TPSA) is 80.4 Å². The molecule has 8 heteroatoms. The van der Waals surface area contributed by atoms with Gasteiger partial charge in [0.2, 0.25) is 5.69 Å². The zero-order chi connectivity index (χ0) is 21.3. The fourth-order valence-corrected chi connectivity index (χ4v) is 4.45. The van der Waals surface area contributed by atoms with Gasteiger partial charge in [0.15, 0.2) is 0 Å². The largest absolute Gasteiger partial charge is 0.351 e. The Labute approximate surface area is 175 Å². The lowest BCUT2D eigenvalue weighted by molar-refractivity contribution is 0.0514. The lowest BCUT2D eigenvalue weighted by Crippen LogP contribution is -2.54. The average Bonchev–Trinajstić information content (AvgIpc) is 2.79. The Morgan fingerprint density at radius 1 is 0.967 bits per heavy atom. The highest BCUT2D eigenvalue weighted by Crippen LogP contribution is 2.23. The molecule has 1 aromatic heterocycles. The summed E-state index contributed by atoms with van der Waals surface area (Å²) in [6.45, 7) is 4.72. The molecule has 1 aliphatic heterocycles. The maximum absolute atomic E-state index is 13.1. The molecule has 2 heterocycles. The molecule has 0 spiro atoms. The number of aryl methyl sites for hydroxylation is 1. The van der Waals surface area contributed by atoms with Crippen molar-refractivity contribution < 1.29 is 4.79 Å². The minimum atomic E-state index is -0.650. The van der Waals surface area contributed by atoms with Crippen LogP contribution in [0.15, 0.2) is 33.9 Å². The van der Waals surface area contributed by atoms with Crippen LogP contribution in [0.5, 0.6) is 0 Å². The van der Waals surface area contributed by atoms with Gasteiger partial charge in [-0.25, -0.2) is 4.79 Å². The van der Waals surface area contributed by atoms with E-state index in [0.717, 1.165) is 27.9 Å². The Kier molecular flexibility index (Phi) is 5.85. The van der Waals surface area contributed by atoms with Crippen LogP contribution in [0.3, 0.4) is 0 Å². The molecular formula is C22H29N5O3. The summed E-state index contributed by atoms with van der Waals surface area (Å²) in [7, 11) is 1.38. The third-order valence-corrected chi connectivity index (χ3v) is 6.35. The number of carbonyl (C=O) groups is 1. The van der Waals surface area contributed by atoms with Gasteiger partial charge in [0.25, 0.3) is 11.5 Å². The zero-order valence-corrected chi connectivity index (χ0v) is 17.7. The van der Waals surface area contributed by atoms with Crippen LogP contribution in [0, 0.1) is 6.92 Å². The Hall–Kier alpha value is -2.74. The SMILES string of the molecule is Cc1ccc(-n2nc(C(=O)N3CCN(C4CCCCC4)CC3)c(=O)n(C)c2=O)cc1. The molecule has 2 aromatic rings. The van der Waals surface area contributed by atoms with Gasteiger partial charge in [0.1, 0.15) is 0 Å². The van der Waals surface area contributed by atoms with Crippen LogP contribution in [0.4, 0.5) is 0 Å². The first kappa shape index (κ1) is 20.5. The molecule has 1 aliphatic carbocycles. The molecule has 4 rings (SSSR count). The Bertz CT molecular complexity index is 1030. The van der Waals surface area contributed by atoms with Gasteiger partial charge in [0.05, 0.1) is 5.69 Å². The molecule has 2 aliphatic rings. The second-order valence-electron chi connectivity index (χ2n) is 8.36. The van der Waals surface area contributed by atoms with Crippen molar-refractivity contribution in [3.05, 3.63) is 56.4 Å². The molecule has 1 amide bonds. The average molecular weight is 412 g/mol. The van der Waals surface area contributed by atoms with E-state index in [9.17, 15) is 14.4 Å². The first-order valence-electron chi connectivity index (χ1n) is 10.8. The highest BCUT2D eigenvalue weighted by Gasteiger charge is 2.30. The number of amides is 1. The van der Waals surface area contributed by atoms with Crippen LogP contribution in [-0.4, -0.2) is 62.3 Å². The van der Waals surface area contributed by atoms with Crippen LogP contribution in [0.25, 0.3) is 5.69 Å². The third kappa shape index (κ3) is 3.96. The van der Waals surface area contributed by atoms with E-state index in [1.54, 1.807) is 17.0 Å². The molecule has 0 bridgehead atoms. The van der Waals surface area contributed by atoms with Gasteiger partial charge in [-0.1, -0.05) is 37.0 Å². The Balaban J connectivity index is 1.56. The number of benzene rings is 1. The monoisotopic (exact) mass is 411 g/mol. The number of aromatic nitrogens is 3. The molecule has 160 valence electrons. The second-order valence-corrected chi connectivity index (χ2v) is 8.36. The fourth-order valence-electron chi connectivity index (χ4n) is 4.45. The first-order chi connectivity index (χ1) is 14.5. The molecule has 2 fully saturated rings. The Morgan fingerprint density at radius 2 is 1.60 bits per heavy atom. The van der Waals surface area contributed by atoms with Crippen LogP contribution in [0.2, 0.25) is 0 Å². The summed E-state index contributed by atoms with van der Waals surface area (Å²) >= 11 is 0. The number of carbonyl (C=O) groups excluding carboxylic acids is 1. The highest BCUT2D eigenvalue weighted by atomic mass is 16.2. The molecule has 0 unspecified atom stereocenters. The van der Waals surface area contributed by atoms with Crippen molar-refractivity contribution >= 4 is 5.91 Å². The normalized spacial score (nSPS) is 18.5. The second kappa shape index (κ2) is 8.55. The van der Waals surface area contributed by atoms with Crippen molar-refractivity contribution in [3.8, 4) is 5.69 Å². The number of piperazine rings is 1. The maximum atomic E-state index is 13.1. The van der Waals surface area contributed by atoms with Gasteiger partial charge in [-0.15, -0.1) is 0 Å². The molecule has 1 saturated carbocycles. The molecule has 1 saturated heterocycles. The van der Waals surface area contributed by atoms with Crippen LogP contribution in [0.1, 0.15) is 48.2 Å². The summed E-state index contributed by atoms with van der Waals surface area (Å²) in [6, 6.07) is 7.85. The number of hydrogen-bond acceptors (Lipinski definition) is 5. The molecule has 0 atom stereocenters. The summed E-state index contributed by atoms with van der Waals surface area (Å²) in [5, 5.41) is 4.18. The van der Waals surface area contributed by atoms with E-state index in [2.05, 4.69) is 10.00 Å². The number of hydrogen-bond donors (Lipinski definition) is 0. The standard InChI is InChI=1S/C22H29N5O3/c1-16-8-10-18(11-9-16)27-22(30)24(2)20(28)19(23-27)21(29)26-14-12-25(13-15-26)17-6-4-3-5-7-17/h8-11,17H,3-7,12-15H2,1-2H3. The minimum Gasteiger partial charge on any atom is -0.335 e. The molecule has 8 nitrogen and oxygen atoms in total. The lowest BCUT2D eigenvalue weighted by Gasteiger charge is -2.40. The summed E-state index contributed by atoms with van der Waals surface area (Å²) < 4.78 is 2.09. The number of rotatable bonds is 3. The van der Waals surface area contributed by atoms with Gasteiger partial charge in [0, 0.05) is 39.3 Å². The molecule has 1 aromatic carbocycles. The van der Waals surface area contributed by atoms with Crippen molar-refractivity contribution in [3.63, 3.8) is 0 Å². The maximum Gasteiger partial charge on any atom is 0.351 e. The van der Waals surface area contributed by atoms with E-state index in [0.29, 0.717) is 24.8 Å². The fraction of sp³-hybridized carbons (Fsp3) is 0.545. The van der Waals surface area contributed by atoms with Crippen LogP contribution in [-0.2, 0) is 7.05 Å². The van der Waals surface area contributed by atoms with Gasteiger partial charge in [-0.05, 0) is 31.9 Å². The van der Waals surface area contributed by atoms with E-state index in [1.165, 1.54) is 39.2 Å². The van der Waals surface area contributed by atoms with E-state index in [1.807, 2.05) is 19.1 Å². The van der Waals surface area contributed by atoms with Crippen molar-refractivity contribution in [1.82, 2.24) is 24.1 Å². The van der Waals surface area contributed by atoms with E-state index in [4.69, 9.17) is 0 Å². The van der Waals surface area contributed by atoms with Crippen molar-refractivity contribution in [1.29, 1.82) is 0 Å². The summed E-state index contributed by atoms with van der Waals surface area (Å²) in [6.07, 6.45) is 6.35. The highest BCUT2D eigenvalue weighted by molar-refractivity contribution is 5.91. The van der Waals surface area contributed by atoms with Crippen LogP contribution >= 0.6 is 0 Å². The summed E-state index contributed by atoms with van der Waals surface area (Å²) in [4.78, 5) is 42.5. The first-order valence-corrected chi connectivity index (χ1v) is 10.8. The van der Waals surface area contributed by atoms with Gasteiger partial charge < -0.3 is 4.90 Å². The zero-order valence-electron chi connectivity index (χ0n) is 17.7. The predicted octanol–water partition coefficient (Wildman–Crippen LogP) is 1.33. The van der Waals surface area contributed by atoms with Gasteiger partial charge in [-0.2, -0.15) is 9.78 Å². The minimum absolute atomic E-state index is 0.205. The lowest BCUT2D eigenvalue weighted by atomic mass is 9.94. The molecular weight excluding hydrogens is 382 g/mol. The molecule has 0 N–H and O–H groups in total. The van der Waals surface area contributed by atoms with E-state index >= 15 is 0 Å². The third-order valence-electron chi connectivity index (χ3n) is 6.35. The van der Waals surface area contributed by atoms with Crippen molar-refractivity contribution in [2.24, 2.45) is 7.05 Å². The van der Waals surface area contributed by atoms with Gasteiger partial charge in [-0.3, -0.25) is 19.1 Å². The number of nitrogens with zero attached hydrogens (tertiary/aromatic N) is 5. The molecule has 0 radical (unpaired) electrons. The van der Waals surface area contributed by atoms with Crippen LogP contribution < -0.4 is 11.2 Å².